The lowest BCUT2D eigenvalue weighted by Crippen LogP contribution is -2.40. The second kappa shape index (κ2) is 9.98. The molecule has 0 aliphatic carbocycles. The highest BCUT2D eigenvalue weighted by Crippen LogP contribution is 2.27. The normalized spacial score (nSPS) is 11.1. The number of sulfonamides is 1. The number of benzene rings is 3. The summed E-state index contributed by atoms with van der Waals surface area (Å²) in [7, 11) is -2.63. The van der Waals surface area contributed by atoms with Gasteiger partial charge in [0.15, 0.2) is 6.61 Å². The summed E-state index contributed by atoms with van der Waals surface area (Å²) >= 11 is 3.41. The van der Waals surface area contributed by atoms with Crippen LogP contribution in [0.15, 0.2) is 82.2 Å². The van der Waals surface area contributed by atoms with E-state index in [-0.39, 0.29) is 10.6 Å². The Morgan fingerprint density at radius 3 is 2.29 bits per heavy atom. The van der Waals surface area contributed by atoms with Gasteiger partial charge in [0, 0.05) is 4.47 Å². The number of ether oxygens (including phenoxy) is 2. The number of aryl methyl sites for hydroxylation is 1. The van der Waals surface area contributed by atoms with Crippen LogP contribution in [0.1, 0.15) is 12.5 Å². The molecule has 0 aromatic heterocycles. The molecule has 162 valence electrons. The van der Waals surface area contributed by atoms with Crippen molar-refractivity contribution in [1.29, 1.82) is 0 Å². The topological polar surface area (TPSA) is 72.9 Å². The van der Waals surface area contributed by atoms with Gasteiger partial charge in [0.05, 0.1) is 17.7 Å². The highest BCUT2D eigenvalue weighted by molar-refractivity contribution is 9.10. The van der Waals surface area contributed by atoms with Gasteiger partial charge in [-0.3, -0.25) is 4.79 Å². The van der Waals surface area contributed by atoms with E-state index in [9.17, 15) is 13.2 Å². The molecular formula is C23H22BrNO5S. The van der Waals surface area contributed by atoms with Gasteiger partial charge in [-0.2, -0.15) is 4.31 Å². The minimum absolute atomic E-state index is 0.0112. The second-order valence-electron chi connectivity index (χ2n) is 6.57. The van der Waals surface area contributed by atoms with Crippen LogP contribution in [-0.2, 0) is 21.2 Å². The van der Waals surface area contributed by atoms with E-state index in [1.165, 1.54) is 31.4 Å². The standard InChI is InChI=1S/C23H22BrNO5S/c1-3-17-15-18(24)9-14-22(17)30-16-23(26)25(19-10-12-20(29-2)13-11-19)31(27,28)21-7-5-4-6-8-21/h4-15H,3,16H2,1-2H3. The van der Waals surface area contributed by atoms with Gasteiger partial charge < -0.3 is 9.47 Å². The lowest BCUT2D eigenvalue weighted by atomic mass is 10.1. The van der Waals surface area contributed by atoms with Crippen LogP contribution in [0.2, 0.25) is 0 Å². The SMILES string of the molecule is CCc1cc(Br)ccc1OCC(=O)N(c1ccc(OC)cc1)S(=O)(=O)c1ccccc1. The van der Waals surface area contributed by atoms with Crippen molar-refractivity contribution in [3.8, 4) is 11.5 Å². The lowest BCUT2D eigenvalue weighted by molar-refractivity contribution is -0.119. The maximum Gasteiger partial charge on any atom is 0.278 e. The average molecular weight is 504 g/mol. The molecule has 0 aliphatic rings. The van der Waals surface area contributed by atoms with Crippen LogP contribution < -0.4 is 13.8 Å². The Kier molecular flexibility index (Phi) is 7.35. The predicted octanol–water partition coefficient (Wildman–Crippen LogP) is 4.82. The third-order valence-electron chi connectivity index (χ3n) is 4.57. The van der Waals surface area contributed by atoms with Crippen molar-refractivity contribution in [2.24, 2.45) is 0 Å². The lowest BCUT2D eigenvalue weighted by Gasteiger charge is -2.23. The molecule has 0 fully saturated rings. The minimum Gasteiger partial charge on any atom is -0.497 e. The predicted molar refractivity (Wildman–Crippen MR) is 123 cm³/mol. The highest BCUT2D eigenvalue weighted by Gasteiger charge is 2.31. The fraction of sp³-hybridized carbons (Fsp3) is 0.174. The minimum atomic E-state index is -4.14. The summed E-state index contributed by atoms with van der Waals surface area (Å²) in [5, 5.41) is 0. The summed E-state index contributed by atoms with van der Waals surface area (Å²) in [6.45, 7) is 1.53. The number of hydrogen-bond donors (Lipinski definition) is 0. The number of halogens is 1. The molecule has 0 N–H and O–H groups in total. The Bertz CT molecular complexity index is 1150. The maximum absolute atomic E-state index is 13.3. The van der Waals surface area contributed by atoms with E-state index in [0.717, 1.165) is 14.3 Å². The molecule has 0 radical (unpaired) electrons. The Balaban J connectivity index is 1.95. The third-order valence-corrected chi connectivity index (χ3v) is 6.83. The summed E-state index contributed by atoms with van der Waals surface area (Å²) < 4.78 is 39.2. The molecule has 0 aliphatic heterocycles. The van der Waals surface area contributed by atoms with Crippen molar-refractivity contribution >= 4 is 37.5 Å². The van der Waals surface area contributed by atoms with Gasteiger partial charge >= 0.3 is 0 Å². The molecule has 0 atom stereocenters. The molecule has 8 heteroatoms. The summed E-state index contributed by atoms with van der Waals surface area (Å²) in [5.74, 6) is 0.372. The van der Waals surface area contributed by atoms with Gasteiger partial charge in [-0.1, -0.05) is 41.1 Å². The van der Waals surface area contributed by atoms with Gasteiger partial charge in [-0.05, 0) is 66.6 Å². The second-order valence-corrected chi connectivity index (χ2v) is 9.27. The molecule has 3 rings (SSSR count). The Morgan fingerprint density at radius 1 is 1.00 bits per heavy atom. The average Bonchev–Trinajstić information content (AvgIpc) is 2.79. The molecule has 3 aromatic rings. The number of hydrogen-bond acceptors (Lipinski definition) is 5. The van der Waals surface area contributed by atoms with Crippen LogP contribution in [-0.4, -0.2) is 28.0 Å². The van der Waals surface area contributed by atoms with E-state index in [1.54, 1.807) is 42.5 Å². The number of nitrogens with zero attached hydrogens (tertiary/aromatic N) is 1. The zero-order valence-corrected chi connectivity index (χ0v) is 19.5. The molecule has 0 heterocycles. The largest absolute Gasteiger partial charge is 0.497 e. The van der Waals surface area contributed by atoms with Crippen molar-refractivity contribution < 1.29 is 22.7 Å². The van der Waals surface area contributed by atoms with Crippen LogP contribution in [0.3, 0.4) is 0 Å². The van der Waals surface area contributed by atoms with Crippen LogP contribution in [0, 0.1) is 0 Å². The van der Waals surface area contributed by atoms with Crippen LogP contribution >= 0.6 is 15.9 Å². The third kappa shape index (κ3) is 5.26. The number of carbonyl (C=O) groups is 1. The molecule has 31 heavy (non-hydrogen) atoms. The highest BCUT2D eigenvalue weighted by atomic mass is 79.9. The molecule has 0 unspecified atom stereocenters. The quantitative estimate of drug-likeness (QED) is 0.440. The Hall–Kier alpha value is -2.84. The number of methoxy groups -OCH3 is 1. The molecule has 0 saturated carbocycles. The number of carbonyl (C=O) groups excluding carboxylic acids is 1. The van der Waals surface area contributed by atoms with E-state index in [4.69, 9.17) is 9.47 Å². The van der Waals surface area contributed by atoms with Crippen molar-refractivity contribution in [2.45, 2.75) is 18.2 Å². The van der Waals surface area contributed by atoms with Gasteiger partial charge in [-0.15, -0.1) is 0 Å². The Labute approximate surface area is 190 Å². The summed E-state index contributed by atoms with van der Waals surface area (Å²) in [4.78, 5) is 13.2. The van der Waals surface area contributed by atoms with E-state index >= 15 is 0 Å². The van der Waals surface area contributed by atoms with Crippen molar-refractivity contribution in [2.75, 3.05) is 18.0 Å². The molecule has 0 bridgehead atoms. The molecule has 0 saturated heterocycles. The zero-order chi connectivity index (χ0) is 22.4. The number of amides is 1. The van der Waals surface area contributed by atoms with E-state index in [0.29, 0.717) is 17.9 Å². The number of anilines is 1. The fourth-order valence-electron chi connectivity index (χ4n) is 3.00. The summed E-state index contributed by atoms with van der Waals surface area (Å²) in [5.41, 5.74) is 1.11. The summed E-state index contributed by atoms with van der Waals surface area (Å²) in [6, 6.07) is 19.5. The first-order valence-corrected chi connectivity index (χ1v) is 11.8. The van der Waals surface area contributed by atoms with Crippen molar-refractivity contribution in [3.05, 3.63) is 82.8 Å². The van der Waals surface area contributed by atoms with Crippen molar-refractivity contribution in [1.82, 2.24) is 0 Å². The zero-order valence-electron chi connectivity index (χ0n) is 17.1. The van der Waals surface area contributed by atoms with E-state index in [2.05, 4.69) is 15.9 Å². The van der Waals surface area contributed by atoms with Gasteiger partial charge in [0.2, 0.25) is 0 Å². The van der Waals surface area contributed by atoms with Crippen LogP contribution in [0.4, 0.5) is 5.69 Å². The molecule has 1 amide bonds. The van der Waals surface area contributed by atoms with Crippen LogP contribution in [0.5, 0.6) is 11.5 Å². The first-order chi connectivity index (χ1) is 14.9. The Morgan fingerprint density at radius 2 is 1.68 bits per heavy atom. The molecule has 0 spiro atoms. The van der Waals surface area contributed by atoms with Crippen molar-refractivity contribution in [3.63, 3.8) is 0 Å². The van der Waals surface area contributed by atoms with Gasteiger partial charge in [-0.25, -0.2) is 8.42 Å². The van der Waals surface area contributed by atoms with Gasteiger partial charge in [0.1, 0.15) is 11.5 Å². The first kappa shape index (κ1) is 22.8. The van der Waals surface area contributed by atoms with E-state index < -0.39 is 22.5 Å². The molecule has 6 nitrogen and oxygen atoms in total. The summed E-state index contributed by atoms with van der Waals surface area (Å²) in [6.07, 6.45) is 0.702. The van der Waals surface area contributed by atoms with E-state index in [1.807, 2.05) is 13.0 Å². The number of rotatable bonds is 8. The smallest absolute Gasteiger partial charge is 0.278 e. The molecule has 3 aromatic carbocycles. The maximum atomic E-state index is 13.3. The van der Waals surface area contributed by atoms with Gasteiger partial charge in [0.25, 0.3) is 15.9 Å². The first-order valence-electron chi connectivity index (χ1n) is 9.55. The fourth-order valence-corrected chi connectivity index (χ4v) is 4.84. The molecular weight excluding hydrogens is 482 g/mol. The van der Waals surface area contributed by atoms with Crippen LogP contribution in [0.25, 0.3) is 0 Å². The monoisotopic (exact) mass is 503 g/mol.